The SMILES string of the molecule is CCCNC(=O)CN(C)Cc1cccc(NCC)n1. The lowest BCUT2D eigenvalue weighted by atomic mass is 10.3. The number of aromatic nitrogens is 1. The number of hydrogen-bond donors (Lipinski definition) is 2. The highest BCUT2D eigenvalue weighted by Gasteiger charge is 2.07. The minimum Gasteiger partial charge on any atom is -0.370 e. The summed E-state index contributed by atoms with van der Waals surface area (Å²) in [4.78, 5) is 18.0. The van der Waals surface area contributed by atoms with Crippen LogP contribution in [-0.4, -0.2) is 42.5 Å². The molecule has 0 aromatic carbocycles. The van der Waals surface area contributed by atoms with Crippen molar-refractivity contribution < 1.29 is 4.79 Å². The van der Waals surface area contributed by atoms with Crippen molar-refractivity contribution in [1.82, 2.24) is 15.2 Å². The summed E-state index contributed by atoms with van der Waals surface area (Å²) >= 11 is 0. The van der Waals surface area contributed by atoms with Crippen LogP contribution in [-0.2, 0) is 11.3 Å². The van der Waals surface area contributed by atoms with E-state index < -0.39 is 0 Å². The largest absolute Gasteiger partial charge is 0.370 e. The summed E-state index contributed by atoms with van der Waals surface area (Å²) in [6.07, 6.45) is 0.960. The zero-order chi connectivity index (χ0) is 14.1. The first-order valence-corrected chi connectivity index (χ1v) is 6.80. The van der Waals surface area contributed by atoms with E-state index in [0.29, 0.717) is 13.1 Å². The lowest BCUT2D eigenvalue weighted by Crippen LogP contribution is -2.35. The van der Waals surface area contributed by atoms with Gasteiger partial charge in [-0.15, -0.1) is 0 Å². The van der Waals surface area contributed by atoms with E-state index in [1.165, 1.54) is 0 Å². The second-order valence-corrected chi connectivity index (χ2v) is 4.57. The van der Waals surface area contributed by atoms with E-state index in [2.05, 4.69) is 15.6 Å². The topological polar surface area (TPSA) is 57.3 Å². The first kappa shape index (κ1) is 15.4. The zero-order valence-electron chi connectivity index (χ0n) is 12.1. The number of pyridine rings is 1. The van der Waals surface area contributed by atoms with E-state index in [-0.39, 0.29) is 5.91 Å². The molecule has 0 saturated carbocycles. The molecule has 0 fully saturated rings. The Kier molecular flexibility index (Phi) is 6.89. The first-order chi connectivity index (χ1) is 9.15. The Balaban J connectivity index is 2.45. The normalized spacial score (nSPS) is 10.5. The van der Waals surface area contributed by atoms with Crippen LogP contribution in [0.2, 0.25) is 0 Å². The van der Waals surface area contributed by atoms with Crippen molar-refractivity contribution in [2.75, 3.05) is 32.0 Å². The van der Waals surface area contributed by atoms with Gasteiger partial charge in [-0.2, -0.15) is 0 Å². The van der Waals surface area contributed by atoms with Crippen LogP contribution >= 0.6 is 0 Å². The third-order valence-electron chi connectivity index (χ3n) is 2.58. The fourth-order valence-electron chi connectivity index (χ4n) is 1.75. The third-order valence-corrected chi connectivity index (χ3v) is 2.58. The lowest BCUT2D eigenvalue weighted by Gasteiger charge is -2.16. The van der Waals surface area contributed by atoms with Crippen LogP contribution in [0.4, 0.5) is 5.82 Å². The van der Waals surface area contributed by atoms with Gasteiger partial charge in [-0.25, -0.2) is 4.98 Å². The molecule has 1 heterocycles. The summed E-state index contributed by atoms with van der Waals surface area (Å²) in [5.41, 5.74) is 0.962. The standard InChI is InChI=1S/C14H24N4O/c1-4-9-16-14(19)11-18(3)10-12-7-6-8-13(17-12)15-5-2/h6-8H,4-5,9-11H2,1-3H3,(H,15,17)(H,16,19). The number of carbonyl (C=O) groups excluding carboxylic acids is 1. The van der Waals surface area contributed by atoms with Crippen LogP contribution in [0.1, 0.15) is 26.0 Å². The van der Waals surface area contributed by atoms with E-state index in [4.69, 9.17) is 0 Å². The number of anilines is 1. The van der Waals surface area contributed by atoms with Gasteiger partial charge < -0.3 is 10.6 Å². The predicted molar refractivity (Wildman–Crippen MR) is 78.0 cm³/mol. The molecule has 1 aromatic rings. The molecular weight excluding hydrogens is 240 g/mol. The molecule has 0 saturated heterocycles. The van der Waals surface area contributed by atoms with Gasteiger partial charge in [0.15, 0.2) is 0 Å². The molecule has 5 heteroatoms. The smallest absolute Gasteiger partial charge is 0.234 e. The molecule has 0 aliphatic carbocycles. The molecule has 0 bridgehead atoms. The van der Waals surface area contributed by atoms with Gasteiger partial charge in [0, 0.05) is 19.6 Å². The maximum Gasteiger partial charge on any atom is 0.234 e. The van der Waals surface area contributed by atoms with Gasteiger partial charge in [0.25, 0.3) is 0 Å². The van der Waals surface area contributed by atoms with E-state index >= 15 is 0 Å². The summed E-state index contributed by atoms with van der Waals surface area (Å²) in [7, 11) is 1.92. The Morgan fingerprint density at radius 1 is 1.37 bits per heavy atom. The first-order valence-electron chi connectivity index (χ1n) is 6.80. The van der Waals surface area contributed by atoms with Crippen LogP contribution in [0.3, 0.4) is 0 Å². The van der Waals surface area contributed by atoms with Crippen LogP contribution in [0.5, 0.6) is 0 Å². The van der Waals surface area contributed by atoms with Gasteiger partial charge in [0.2, 0.25) is 5.91 Å². The number of nitrogens with one attached hydrogen (secondary N) is 2. The molecule has 0 aliphatic heterocycles. The van der Waals surface area contributed by atoms with E-state index in [1.54, 1.807) is 0 Å². The van der Waals surface area contributed by atoms with Crippen molar-refractivity contribution in [3.63, 3.8) is 0 Å². The number of carbonyl (C=O) groups is 1. The van der Waals surface area contributed by atoms with Crippen molar-refractivity contribution in [3.05, 3.63) is 23.9 Å². The molecule has 5 nitrogen and oxygen atoms in total. The Bertz CT molecular complexity index is 395. The molecule has 0 radical (unpaired) electrons. The van der Waals surface area contributed by atoms with E-state index in [0.717, 1.165) is 31.0 Å². The molecule has 2 N–H and O–H groups in total. The van der Waals surface area contributed by atoms with Gasteiger partial charge in [-0.05, 0) is 32.5 Å². The van der Waals surface area contributed by atoms with Crippen molar-refractivity contribution in [3.8, 4) is 0 Å². The highest BCUT2D eigenvalue weighted by molar-refractivity contribution is 5.77. The molecule has 0 unspecified atom stereocenters. The van der Waals surface area contributed by atoms with Gasteiger partial charge >= 0.3 is 0 Å². The van der Waals surface area contributed by atoms with Gasteiger partial charge in [0.05, 0.1) is 12.2 Å². The number of amides is 1. The van der Waals surface area contributed by atoms with Crippen LogP contribution in [0, 0.1) is 0 Å². The third kappa shape index (κ3) is 6.20. The summed E-state index contributed by atoms with van der Waals surface area (Å²) < 4.78 is 0. The lowest BCUT2D eigenvalue weighted by molar-refractivity contribution is -0.122. The number of hydrogen-bond acceptors (Lipinski definition) is 4. The maximum absolute atomic E-state index is 11.6. The Morgan fingerprint density at radius 3 is 2.84 bits per heavy atom. The fourth-order valence-corrected chi connectivity index (χ4v) is 1.75. The number of rotatable bonds is 8. The zero-order valence-corrected chi connectivity index (χ0v) is 12.1. The molecular formula is C14H24N4O. The minimum atomic E-state index is 0.0622. The van der Waals surface area contributed by atoms with Crippen molar-refractivity contribution in [1.29, 1.82) is 0 Å². The Hall–Kier alpha value is -1.62. The van der Waals surface area contributed by atoms with Crippen molar-refractivity contribution in [2.45, 2.75) is 26.8 Å². The van der Waals surface area contributed by atoms with Crippen molar-refractivity contribution in [2.24, 2.45) is 0 Å². The minimum absolute atomic E-state index is 0.0622. The average molecular weight is 264 g/mol. The van der Waals surface area contributed by atoms with Crippen LogP contribution in [0.25, 0.3) is 0 Å². The summed E-state index contributed by atoms with van der Waals surface area (Å²) in [5.74, 6) is 0.941. The summed E-state index contributed by atoms with van der Waals surface area (Å²) in [6.45, 7) is 6.73. The molecule has 106 valence electrons. The molecule has 0 aliphatic rings. The highest BCUT2D eigenvalue weighted by atomic mass is 16.2. The van der Waals surface area contributed by atoms with Crippen LogP contribution in [0.15, 0.2) is 18.2 Å². The fraction of sp³-hybridized carbons (Fsp3) is 0.571. The van der Waals surface area contributed by atoms with Crippen molar-refractivity contribution >= 4 is 11.7 Å². The molecule has 1 rings (SSSR count). The summed E-state index contributed by atoms with van der Waals surface area (Å²) in [6, 6.07) is 5.90. The summed E-state index contributed by atoms with van der Waals surface area (Å²) in [5, 5.41) is 6.05. The van der Waals surface area contributed by atoms with Gasteiger partial charge in [0.1, 0.15) is 5.82 Å². The average Bonchev–Trinajstić information content (AvgIpc) is 2.37. The van der Waals surface area contributed by atoms with E-state index in [1.807, 2.05) is 44.0 Å². The molecule has 1 amide bonds. The van der Waals surface area contributed by atoms with Gasteiger partial charge in [-0.1, -0.05) is 13.0 Å². The molecule has 0 atom stereocenters. The molecule has 1 aromatic heterocycles. The number of likely N-dealkylation sites (N-methyl/N-ethyl adjacent to an activating group) is 1. The Morgan fingerprint density at radius 2 is 2.16 bits per heavy atom. The second-order valence-electron chi connectivity index (χ2n) is 4.57. The molecule has 0 spiro atoms. The number of nitrogens with zero attached hydrogens (tertiary/aromatic N) is 2. The maximum atomic E-state index is 11.6. The monoisotopic (exact) mass is 264 g/mol. The van der Waals surface area contributed by atoms with E-state index in [9.17, 15) is 4.79 Å². The Labute approximate surface area is 115 Å². The quantitative estimate of drug-likeness (QED) is 0.746. The van der Waals surface area contributed by atoms with Crippen LogP contribution < -0.4 is 10.6 Å². The predicted octanol–water partition coefficient (Wildman–Crippen LogP) is 1.47. The van der Waals surface area contributed by atoms with Gasteiger partial charge in [-0.3, -0.25) is 9.69 Å². The second kappa shape index (κ2) is 8.48. The highest BCUT2D eigenvalue weighted by Crippen LogP contribution is 2.06. The molecule has 19 heavy (non-hydrogen) atoms.